The maximum Gasteiger partial charge on any atom is 0.357 e. The van der Waals surface area contributed by atoms with E-state index in [0.717, 1.165) is 38.5 Å². The Balaban J connectivity index is 2.42. The fourth-order valence-corrected chi connectivity index (χ4v) is 2.77. The first-order valence-corrected chi connectivity index (χ1v) is 10.4. The number of hydrogen-bond acceptors (Lipinski definition) is 5. The minimum atomic E-state index is -0.493. The number of aromatic nitrogens is 1. The highest BCUT2D eigenvalue weighted by Crippen LogP contribution is 2.11. The largest absolute Gasteiger partial charge is 0.461 e. The van der Waals surface area contributed by atoms with Crippen LogP contribution in [0.4, 0.5) is 0 Å². The van der Waals surface area contributed by atoms with Crippen LogP contribution >= 0.6 is 0 Å². The van der Waals surface area contributed by atoms with E-state index < -0.39 is 11.9 Å². The third-order valence-corrected chi connectivity index (χ3v) is 4.42. The maximum atomic E-state index is 12.2. The Bertz CT molecular complexity index is 559. The smallest absolute Gasteiger partial charge is 0.357 e. The molecule has 0 fully saturated rings. The van der Waals surface area contributed by atoms with Gasteiger partial charge in [0.1, 0.15) is 11.4 Å². The average Bonchev–Trinajstić information content (AvgIpc) is 2.68. The lowest BCUT2D eigenvalue weighted by Crippen LogP contribution is -2.17. The van der Waals surface area contributed by atoms with Gasteiger partial charge in [-0.1, -0.05) is 64.9 Å². The van der Waals surface area contributed by atoms with Crippen molar-refractivity contribution < 1.29 is 19.1 Å². The van der Waals surface area contributed by atoms with E-state index in [-0.39, 0.29) is 17.5 Å². The third kappa shape index (κ3) is 10.1. The van der Waals surface area contributed by atoms with Crippen molar-refractivity contribution >= 4 is 11.9 Å². The zero-order valence-electron chi connectivity index (χ0n) is 17.2. The van der Waals surface area contributed by atoms with Gasteiger partial charge >= 0.3 is 11.9 Å². The van der Waals surface area contributed by atoms with Gasteiger partial charge in [0.15, 0.2) is 0 Å². The SMILES string of the molecule is CCCCCCCOC(=O)c1cccc(C(=O)OC(C)CCCCCC)n1. The first kappa shape index (κ1) is 23.1. The molecule has 0 saturated carbocycles. The van der Waals surface area contributed by atoms with Gasteiger partial charge in [0.25, 0.3) is 0 Å². The highest BCUT2D eigenvalue weighted by molar-refractivity contribution is 5.91. The second kappa shape index (κ2) is 14.2. The molecular weight excluding hydrogens is 342 g/mol. The van der Waals surface area contributed by atoms with Crippen molar-refractivity contribution in [1.82, 2.24) is 4.98 Å². The Kier molecular flexibility index (Phi) is 12.2. The molecule has 0 amide bonds. The molecule has 1 heterocycles. The van der Waals surface area contributed by atoms with Crippen LogP contribution in [0.3, 0.4) is 0 Å². The van der Waals surface area contributed by atoms with E-state index in [2.05, 4.69) is 18.8 Å². The maximum absolute atomic E-state index is 12.2. The summed E-state index contributed by atoms with van der Waals surface area (Å²) < 4.78 is 10.7. The normalized spacial score (nSPS) is 11.8. The molecule has 0 aliphatic heterocycles. The predicted octanol–water partition coefficient (Wildman–Crippen LogP) is 5.72. The third-order valence-electron chi connectivity index (χ3n) is 4.42. The Morgan fingerprint density at radius 2 is 1.48 bits per heavy atom. The lowest BCUT2D eigenvalue weighted by atomic mass is 10.1. The lowest BCUT2D eigenvalue weighted by Gasteiger charge is -2.13. The molecule has 1 rings (SSSR count). The Morgan fingerprint density at radius 3 is 2.15 bits per heavy atom. The minimum Gasteiger partial charge on any atom is -0.461 e. The molecule has 5 nitrogen and oxygen atoms in total. The first-order chi connectivity index (χ1) is 13.1. The fraction of sp³-hybridized carbons (Fsp3) is 0.682. The average molecular weight is 378 g/mol. The van der Waals surface area contributed by atoms with Gasteiger partial charge in [-0.25, -0.2) is 14.6 Å². The van der Waals surface area contributed by atoms with E-state index in [1.807, 2.05) is 6.92 Å². The van der Waals surface area contributed by atoms with Gasteiger partial charge in [-0.2, -0.15) is 0 Å². The molecule has 1 atom stereocenters. The molecule has 1 aromatic heterocycles. The number of ether oxygens (including phenoxy) is 2. The quantitative estimate of drug-likeness (QED) is 0.306. The van der Waals surface area contributed by atoms with Crippen LogP contribution < -0.4 is 0 Å². The zero-order valence-corrected chi connectivity index (χ0v) is 17.2. The highest BCUT2D eigenvalue weighted by Gasteiger charge is 2.16. The van der Waals surface area contributed by atoms with Gasteiger partial charge in [-0.05, 0) is 38.3 Å². The second-order valence-corrected chi connectivity index (χ2v) is 7.02. The van der Waals surface area contributed by atoms with Crippen molar-refractivity contribution in [2.24, 2.45) is 0 Å². The standard InChI is InChI=1S/C22H35NO4/c1-4-6-8-10-12-17-26-21(24)19-15-13-16-20(23-19)22(25)27-18(3)14-11-9-7-5-2/h13,15-16,18H,4-12,14,17H2,1-3H3. The number of carbonyl (C=O) groups excluding carboxylic acids is 2. The summed E-state index contributed by atoms with van der Waals surface area (Å²) in [7, 11) is 0. The summed E-state index contributed by atoms with van der Waals surface area (Å²) in [6.07, 6.45) is 10.7. The van der Waals surface area contributed by atoms with Gasteiger partial charge in [0, 0.05) is 0 Å². The topological polar surface area (TPSA) is 65.5 Å². The summed E-state index contributed by atoms with van der Waals surface area (Å²) in [6, 6.07) is 4.76. The molecule has 0 spiro atoms. The van der Waals surface area contributed by atoms with Crippen LogP contribution in [0.2, 0.25) is 0 Å². The molecule has 0 radical (unpaired) electrons. The Morgan fingerprint density at radius 1 is 0.889 bits per heavy atom. The number of pyridine rings is 1. The number of rotatable bonds is 14. The zero-order chi connectivity index (χ0) is 19.9. The van der Waals surface area contributed by atoms with Crippen molar-refractivity contribution in [3.05, 3.63) is 29.6 Å². The first-order valence-electron chi connectivity index (χ1n) is 10.4. The summed E-state index contributed by atoms with van der Waals surface area (Å²) in [5.41, 5.74) is 0.293. The number of hydrogen-bond donors (Lipinski definition) is 0. The lowest BCUT2D eigenvalue weighted by molar-refractivity contribution is 0.0312. The molecule has 5 heteroatoms. The van der Waals surface area contributed by atoms with E-state index in [1.54, 1.807) is 18.2 Å². The van der Waals surface area contributed by atoms with Crippen molar-refractivity contribution in [2.75, 3.05) is 6.61 Å². The summed E-state index contributed by atoms with van der Waals surface area (Å²) in [6.45, 7) is 6.60. The number of esters is 2. The van der Waals surface area contributed by atoms with E-state index in [9.17, 15) is 9.59 Å². The molecule has 1 unspecified atom stereocenters. The Labute approximate surface area is 163 Å². The fourth-order valence-electron chi connectivity index (χ4n) is 2.77. The van der Waals surface area contributed by atoms with Gasteiger partial charge in [0.2, 0.25) is 0 Å². The molecule has 0 aliphatic rings. The summed E-state index contributed by atoms with van der Waals surface area (Å²) in [5.74, 6) is -0.986. The van der Waals surface area contributed by atoms with E-state index in [0.29, 0.717) is 6.61 Å². The van der Waals surface area contributed by atoms with Gasteiger partial charge in [0.05, 0.1) is 12.7 Å². The van der Waals surface area contributed by atoms with E-state index in [4.69, 9.17) is 9.47 Å². The van der Waals surface area contributed by atoms with E-state index in [1.165, 1.54) is 25.7 Å². The summed E-state index contributed by atoms with van der Waals surface area (Å²) in [4.78, 5) is 28.5. The molecule has 27 heavy (non-hydrogen) atoms. The number of carbonyl (C=O) groups is 2. The molecule has 152 valence electrons. The molecule has 0 aliphatic carbocycles. The van der Waals surface area contributed by atoms with Crippen LogP contribution in [-0.2, 0) is 9.47 Å². The molecule has 1 aromatic rings. The van der Waals surface area contributed by atoms with Crippen LogP contribution in [0.1, 0.15) is 106 Å². The number of nitrogens with zero attached hydrogens (tertiary/aromatic N) is 1. The number of unbranched alkanes of at least 4 members (excludes halogenated alkanes) is 7. The molecule has 0 saturated heterocycles. The van der Waals surface area contributed by atoms with Crippen LogP contribution in [-0.4, -0.2) is 29.6 Å². The van der Waals surface area contributed by atoms with Crippen LogP contribution in [0.5, 0.6) is 0 Å². The monoisotopic (exact) mass is 377 g/mol. The van der Waals surface area contributed by atoms with Gasteiger partial charge in [-0.3, -0.25) is 0 Å². The van der Waals surface area contributed by atoms with Crippen molar-refractivity contribution in [3.8, 4) is 0 Å². The molecular formula is C22H35NO4. The van der Waals surface area contributed by atoms with Crippen molar-refractivity contribution in [3.63, 3.8) is 0 Å². The van der Waals surface area contributed by atoms with Crippen LogP contribution in [0.25, 0.3) is 0 Å². The van der Waals surface area contributed by atoms with E-state index >= 15 is 0 Å². The Hall–Kier alpha value is -1.91. The van der Waals surface area contributed by atoms with Crippen LogP contribution in [0, 0.1) is 0 Å². The van der Waals surface area contributed by atoms with Gasteiger partial charge in [-0.15, -0.1) is 0 Å². The molecule has 0 aromatic carbocycles. The summed E-state index contributed by atoms with van der Waals surface area (Å²) >= 11 is 0. The minimum absolute atomic E-state index is 0.146. The molecule has 0 N–H and O–H groups in total. The second-order valence-electron chi connectivity index (χ2n) is 7.02. The van der Waals surface area contributed by atoms with Crippen LogP contribution in [0.15, 0.2) is 18.2 Å². The highest BCUT2D eigenvalue weighted by atomic mass is 16.5. The van der Waals surface area contributed by atoms with Crippen molar-refractivity contribution in [1.29, 1.82) is 0 Å². The predicted molar refractivity (Wildman–Crippen MR) is 107 cm³/mol. The van der Waals surface area contributed by atoms with Crippen molar-refractivity contribution in [2.45, 2.75) is 91.1 Å². The molecule has 0 bridgehead atoms. The summed E-state index contributed by atoms with van der Waals surface area (Å²) in [5, 5.41) is 0. The van der Waals surface area contributed by atoms with Gasteiger partial charge < -0.3 is 9.47 Å².